The Morgan fingerprint density at radius 3 is 2.19 bits per heavy atom. The fourth-order valence-corrected chi connectivity index (χ4v) is 4.63. The molecule has 0 aromatic heterocycles. The van der Waals surface area contributed by atoms with E-state index in [-0.39, 0.29) is 23.6 Å². The average Bonchev–Trinajstić information content (AvgIpc) is 3.26. The van der Waals surface area contributed by atoms with Gasteiger partial charge in [-0.2, -0.15) is 13.2 Å². The number of ether oxygens (including phenoxy) is 1. The molecule has 1 heterocycles. The maximum Gasteiger partial charge on any atom is 0.418 e. The summed E-state index contributed by atoms with van der Waals surface area (Å²) in [5.41, 5.74) is 3.41. The molecule has 3 aromatic rings. The normalized spacial score (nSPS) is 14.2. The quantitative estimate of drug-likeness (QED) is 0.369. The van der Waals surface area contributed by atoms with Crippen molar-refractivity contribution in [2.75, 3.05) is 17.7 Å². The molecule has 1 atom stereocenters. The first kappa shape index (κ1) is 26.2. The van der Waals surface area contributed by atoms with Crippen LogP contribution in [0.25, 0.3) is 11.1 Å². The highest BCUT2D eigenvalue weighted by Gasteiger charge is 2.34. The van der Waals surface area contributed by atoms with E-state index in [2.05, 4.69) is 27.7 Å². The largest absolute Gasteiger partial charge is 0.468 e. The van der Waals surface area contributed by atoms with Gasteiger partial charge in [-0.05, 0) is 58.5 Å². The standard InChI is InChI=1S/C28H28F3N3O3/c1-17(2)25(26(35)37-3)34-15-20-9-8-19(14-21(20)16-34)18-10-12-22(13-11-18)32-27(36)33-24-7-5-4-6-23(24)28(29,30)31/h4-14,17,25H,15-16H2,1-3H3,(H2,32,33,36). The van der Waals surface area contributed by atoms with Crippen LogP contribution in [-0.4, -0.2) is 30.1 Å². The zero-order valence-corrected chi connectivity index (χ0v) is 20.7. The summed E-state index contributed by atoms with van der Waals surface area (Å²) in [5.74, 6) is -0.127. The number of urea groups is 1. The summed E-state index contributed by atoms with van der Waals surface area (Å²) in [4.78, 5) is 26.7. The number of carbonyl (C=O) groups excluding carboxylic acids is 2. The minimum atomic E-state index is -4.58. The number of fused-ring (bicyclic) bond motifs is 1. The van der Waals surface area contributed by atoms with E-state index in [0.717, 1.165) is 28.3 Å². The Morgan fingerprint density at radius 2 is 1.54 bits per heavy atom. The number of hydrogen-bond donors (Lipinski definition) is 2. The van der Waals surface area contributed by atoms with Gasteiger partial charge < -0.3 is 15.4 Å². The van der Waals surface area contributed by atoms with Gasteiger partial charge >= 0.3 is 18.2 Å². The second-order valence-electron chi connectivity index (χ2n) is 9.30. The lowest BCUT2D eigenvalue weighted by Gasteiger charge is -2.28. The molecule has 1 aliphatic heterocycles. The Bertz CT molecular complexity index is 1290. The number of rotatable bonds is 6. The van der Waals surface area contributed by atoms with Gasteiger partial charge in [0.05, 0.1) is 18.4 Å². The summed E-state index contributed by atoms with van der Waals surface area (Å²) < 4.78 is 44.5. The van der Waals surface area contributed by atoms with Gasteiger partial charge in [0, 0.05) is 18.8 Å². The van der Waals surface area contributed by atoms with Crippen LogP contribution in [0.5, 0.6) is 0 Å². The van der Waals surface area contributed by atoms with Crippen molar-refractivity contribution in [3.05, 3.63) is 83.4 Å². The van der Waals surface area contributed by atoms with Crippen LogP contribution in [0.3, 0.4) is 0 Å². The monoisotopic (exact) mass is 511 g/mol. The summed E-state index contributed by atoms with van der Waals surface area (Å²) in [5, 5.41) is 4.83. The van der Waals surface area contributed by atoms with Crippen LogP contribution in [0.2, 0.25) is 0 Å². The van der Waals surface area contributed by atoms with Crippen molar-refractivity contribution in [3.63, 3.8) is 0 Å². The number of hydrogen-bond acceptors (Lipinski definition) is 4. The number of nitrogens with zero attached hydrogens (tertiary/aromatic N) is 1. The molecule has 0 spiro atoms. The van der Waals surface area contributed by atoms with Gasteiger partial charge in [0.1, 0.15) is 6.04 Å². The maximum absolute atomic E-state index is 13.2. The van der Waals surface area contributed by atoms with Crippen molar-refractivity contribution >= 4 is 23.4 Å². The number of esters is 1. The smallest absolute Gasteiger partial charge is 0.418 e. The zero-order chi connectivity index (χ0) is 26.7. The average molecular weight is 512 g/mol. The van der Waals surface area contributed by atoms with Crippen LogP contribution in [0.15, 0.2) is 66.7 Å². The molecule has 2 amide bonds. The summed E-state index contributed by atoms with van der Waals surface area (Å²) in [6.45, 7) is 5.31. The fourth-order valence-electron chi connectivity index (χ4n) is 4.63. The molecule has 6 nitrogen and oxygen atoms in total. The van der Waals surface area contributed by atoms with Gasteiger partial charge in [-0.15, -0.1) is 0 Å². The van der Waals surface area contributed by atoms with Crippen molar-refractivity contribution in [3.8, 4) is 11.1 Å². The molecule has 0 bridgehead atoms. The van der Waals surface area contributed by atoms with Crippen LogP contribution in [-0.2, 0) is 28.8 Å². The zero-order valence-electron chi connectivity index (χ0n) is 20.7. The number of alkyl halides is 3. The molecule has 9 heteroatoms. The summed E-state index contributed by atoms with van der Waals surface area (Å²) in [6, 6.07) is 16.9. The molecule has 0 aliphatic carbocycles. The lowest BCUT2D eigenvalue weighted by Crippen LogP contribution is -2.42. The molecule has 37 heavy (non-hydrogen) atoms. The summed E-state index contributed by atoms with van der Waals surface area (Å²) >= 11 is 0. The summed E-state index contributed by atoms with van der Waals surface area (Å²) in [7, 11) is 1.41. The molecule has 0 saturated heterocycles. The Labute approximate surface area is 213 Å². The van der Waals surface area contributed by atoms with Crippen LogP contribution in [0.1, 0.15) is 30.5 Å². The van der Waals surface area contributed by atoms with E-state index in [4.69, 9.17) is 4.74 Å². The van der Waals surface area contributed by atoms with E-state index < -0.39 is 17.8 Å². The second-order valence-corrected chi connectivity index (χ2v) is 9.30. The van der Waals surface area contributed by atoms with Gasteiger partial charge in [0.15, 0.2) is 0 Å². The van der Waals surface area contributed by atoms with Crippen molar-refractivity contribution in [1.29, 1.82) is 0 Å². The number of carbonyl (C=O) groups is 2. The maximum atomic E-state index is 13.2. The predicted molar refractivity (Wildman–Crippen MR) is 136 cm³/mol. The SMILES string of the molecule is COC(=O)C(C(C)C)N1Cc2ccc(-c3ccc(NC(=O)Nc4ccccc4C(F)(F)F)cc3)cc2C1. The third kappa shape index (κ3) is 5.94. The predicted octanol–water partition coefficient (Wildman–Crippen LogP) is 6.53. The molecule has 0 fully saturated rings. The molecular formula is C28H28F3N3O3. The van der Waals surface area contributed by atoms with Crippen molar-refractivity contribution in [1.82, 2.24) is 4.90 Å². The number of benzene rings is 3. The second kappa shape index (κ2) is 10.6. The number of halogens is 3. The van der Waals surface area contributed by atoms with Gasteiger partial charge in [0.25, 0.3) is 0 Å². The van der Waals surface area contributed by atoms with Gasteiger partial charge in [-0.1, -0.05) is 50.2 Å². The molecule has 1 unspecified atom stereocenters. The molecule has 2 N–H and O–H groups in total. The Morgan fingerprint density at radius 1 is 0.892 bits per heavy atom. The van der Waals surface area contributed by atoms with Gasteiger partial charge in [-0.3, -0.25) is 9.69 Å². The Hall–Kier alpha value is -3.85. The number of methoxy groups -OCH3 is 1. The first-order chi connectivity index (χ1) is 17.6. The van der Waals surface area contributed by atoms with E-state index in [1.54, 1.807) is 12.1 Å². The van der Waals surface area contributed by atoms with E-state index in [1.165, 1.54) is 25.3 Å². The van der Waals surface area contributed by atoms with Crippen LogP contribution in [0, 0.1) is 5.92 Å². The highest BCUT2D eigenvalue weighted by molar-refractivity contribution is 6.00. The number of nitrogens with one attached hydrogen (secondary N) is 2. The third-order valence-electron chi connectivity index (χ3n) is 6.38. The molecule has 4 rings (SSSR count). The van der Waals surface area contributed by atoms with Crippen LogP contribution in [0.4, 0.5) is 29.3 Å². The number of anilines is 2. The van der Waals surface area contributed by atoms with E-state index in [1.807, 2.05) is 32.0 Å². The molecule has 0 radical (unpaired) electrons. The lowest BCUT2D eigenvalue weighted by atomic mass is 10.0. The highest BCUT2D eigenvalue weighted by atomic mass is 19.4. The molecule has 194 valence electrons. The first-order valence-electron chi connectivity index (χ1n) is 11.8. The first-order valence-corrected chi connectivity index (χ1v) is 11.8. The Balaban J connectivity index is 1.43. The van der Waals surface area contributed by atoms with E-state index >= 15 is 0 Å². The van der Waals surface area contributed by atoms with E-state index in [0.29, 0.717) is 18.8 Å². The summed E-state index contributed by atoms with van der Waals surface area (Å²) in [6.07, 6.45) is -4.58. The lowest BCUT2D eigenvalue weighted by molar-refractivity contribution is -0.149. The Kier molecular flexibility index (Phi) is 7.54. The van der Waals surface area contributed by atoms with Crippen molar-refractivity contribution in [2.45, 2.75) is 39.2 Å². The van der Waals surface area contributed by atoms with Crippen molar-refractivity contribution in [2.24, 2.45) is 5.92 Å². The van der Waals surface area contributed by atoms with Crippen molar-refractivity contribution < 1.29 is 27.5 Å². The fraction of sp³-hybridized carbons (Fsp3) is 0.286. The van der Waals surface area contributed by atoms with E-state index in [9.17, 15) is 22.8 Å². The number of amides is 2. The van der Waals surface area contributed by atoms with Crippen LogP contribution >= 0.6 is 0 Å². The molecule has 0 saturated carbocycles. The highest BCUT2D eigenvalue weighted by Crippen LogP contribution is 2.35. The van der Waals surface area contributed by atoms with Gasteiger partial charge in [0.2, 0.25) is 0 Å². The minimum Gasteiger partial charge on any atom is -0.468 e. The van der Waals surface area contributed by atoms with Crippen LogP contribution < -0.4 is 10.6 Å². The molecule has 3 aromatic carbocycles. The topological polar surface area (TPSA) is 70.7 Å². The minimum absolute atomic E-state index is 0.111. The molecule has 1 aliphatic rings. The molecular weight excluding hydrogens is 483 g/mol. The third-order valence-corrected chi connectivity index (χ3v) is 6.38. The number of para-hydroxylation sites is 1. The van der Waals surface area contributed by atoms with Gasteiger partial charge in [-0.25, -0.2) is 4.79 Å².